The minimum absolute atomic E-state index is 0.719. The summed E-state index contributed by atoms with van der Waals surface area (Å²) in [5.74, 6) is 0. The van der Waals surface area contributed by atoms with Gasteiger partial charge in [0, 0.05) is 12.7 Å². The number of rotatable bonds is 4. The van der Waals surface area contributed by atoms with E-state index >= 15 is 0 Å². The van der Waals surface area contributed by atoms with Gasteiger partial charge in [0.15, 0.2) is 5.65 Å². The lowest BCUT2D eigenvalue weighted by Gasteiger charge is -2.05. The van der Waals surface area contributed by atoms with Gasteiger partial charge in [-0.1, -0.05) is 13.0 Å². The molecule has 0 spiro atoms. The molecule has 20 heavy (non-hydrogen) atoms. The van der Waals surface area contributed by atoms with Crippen LogP contribution < -0.4 is 5.73 Å². The lowest BCUT2D eigenvalue weighted by molar-refractivity contribution is 0.555. The van der Waals surface area contributed by atoms with Gasteiger partial charge in [-0.15, -0.1) is 10.2 Å². The van der Waals surface area contributed by atoms with Gasteiger partial charge in [-0.2, -0.15) is 5.10 Å². The van der Waals surface area contributed by atoms with E-state index in [9.17, 15) is 0 Å². The van der Waals surface area contributed by atoms with Crippen molar-refractivity contribution in [1.29, 1.82) is 0 Å². The lowest BCUT2D eigenvalue weighted by Crippen LogP contribution is -2.02. The highest BCUT2D eigenvalue weighted by atomic mass is 32.2. The zero-order valence-corrected chi connectivity index (χ0v) is 12.3. The Labute approximate surface area is 121 Å². The van der Waals surface area contributed by atoms with Crippen molar-refractivity contribution in [1.82, 2.24) is 24.4 Å². The highest BCUT2D eigenvalue weighted by Crippen LogP contribution is 2.33. The summed E-state index contributed by atoms with van der Waals surface area (Å²) in [6, 6.07) is 5.83. The fourth-order valence-electron chi connectivity index (χ4n) is 2.02. The molecular formula is C13H16N6S. The van der Waals surface area contributed by atoms with Crippen molar-refractivity contribution in [3.8, 4) is 0 Å². The number of nitrogens with two attached hydrogens (primary N) is 1. The third-order valence-electron chi connectivity index (χ3n) is 3.03. The Kier molecular flexibility index (Phi) is 3.35. The van der Waals surface area contributed by atoms with Gasteiger partial charge in [0.25, 0.3) is 0 Å². The lowest BCUT2D eigenvalue weighted by atomic mass is 10.4. The standard InChI is InChI=1S/C13H16N6S/c1-3-7-19-12(11(14)9(2)17-19)20-13-16-15-10-6-4-5-8-18(10)13/h4-6,8H,3,7,14H2,1-2H3. The van der Waals surface area contributed by atoms with Crippen molar-refractivity contribution in [2.75, 3.05) is 5.73 Å². The van der Waals surface area contributed by atoms with Crippen LogP contribution in [-0.2, 0) is 6.54 Å². The molecule has 0 radical (unpaired) electrons. The maximum absolute atomic E-state index is 6.13. The molecule has 0 atom stereocenters. The summed E-state index contributed by atoms with van der Waals surface area (Å²) in [6.07, 6.45) is 2.95. The zero-order valence-electron chi connectivity index (χ0n) is 11.4. The number of anilines is 1. The molecule has 0 saturated carbocycles. The molecule has 0 bridgehead atoms. The molecule has 2 N–H and O–H groups in total. The number of nitrogen functional groups attached to an aromatic ring is 1. The Morgan fingerprint density at radius 3 is 2.95 bits per heavy atom. The second-order valence-corrected chi connectivity index (χ2v) is 5.50. The zero-order chi connectivity index (χ0) is 14.1. The largest absolute Gasteiger partial charge is 0.395 e. The molecule has 0 fully saturated rings. The predicted molar refractivity (Wildman–Crippen MR) is 78.8 cm³/mol. The van der Waals surface area contributed by atoms with Gasteiger partial charge < -0.3 is 5.73 Å². The molecule has 3 heterocycles. The summed E-state index contributed by atoms with van der Waals surface area (Å²) in [7, 11) is 0. The van der Waals surface area contributed by atoms with Gasteiger partial charge in [-0.05, 0) is 37.2 Å². The number of nitrogens with zero attached hydrogens (tertiary/aromatic N) is 5. The van der Waals surface area contributed by atoms with E-state index in [4.69, 9.17) is 5.73 Å². The third kappa shape index (κ3) is 2.14. The SMILES string of the molecule is CCCn1nc(C)c(N)c1Sc1nnc2ccccn12. The molecule has 6 nitrogen and oxygen atoms in total. The smallest absolute Gasteiger partial charge is 0.201 e. The van der Waals surface area contributed by atoms with Gasteiger partial charge in [0.1, 0.15) is 5.03 Å². The van der Waals surface area contributed by atoms with Crippen molar-refractivity contribution in [2.24, 2.45) is 0 Å². The molecule has 3 rings (SSSR count). The Bertz CT molecular complexity index is 744. The van der Waals surface area contributed by atoms with Gasteiger partial charge in [-0.3, -0.25) is 9.08 Å². The first-order chi connectivity index (χ1) is 9.70. The van der Waals surface area contributed by atoms with Crippen LogP contribution in [0.3, 0.4) is 0 Å². The van der Waals surface area contributed by atoms with E-state index in [1.54, 1.807) is 0 Å². The van der Waals surface area contributed by atoms with Crippen molar-refractivity contribution >= 4 is 23.1 Å². The molecule has 3 aromatic rings. The molecular weight excluding hydrogens is 272 g/mol. The van der Waals surface area contributed by atoms with E-state index in [0.717, 1.165) is 40.2 Å². The highest BCUT2D eigenvalue weighted by molar-refractivity contribution is 7.99. The normalized spacial score (nSPS) is 11.3. The Hall–Kier alpha value is -2.02. The fraction of sp³-hybridized carbons (Fsp3) is 0.308. The minimum Gasteiger partial charge on any atom is -0.395 e. The van der Waals surface area contributed by atoms with Gasteiger partial charge in [0.2, 0.25) is 5.16 Å². The molecule has 0 aliphatic heterocycles. The summed E-state index contributed by atoms with van der Waals surface area (Å²) < 4.78 is 3.89. The molecule has 7 heteroatoms. The fourth-order valence-corrected chi connectivity index (χ4v) is 3.02. The Morgan fingerprint density at radius 1 is 1.30 bits per heavy atom. The Morgan fingerprint density at radius 2 is 2.15 bits per heavy atom. The van der Waals surface area contributed by atoms with E-state index < -0.39 is 0 Å². The van der Waals surface area contributed by atoms with Crippen molar-refractivity contribution < 1.29 is 0 Å². The first-order valence-corrected chi connectivity index (χ1v) is 7.33. The highest BCUT2D eigenvalue weighted by Gasteiger charge is 2.16. The number of pyridine rings is 1. The second-order valence-electron chi connectivity index (χ2n) is 4.54. The maximum Gasteiger partial charge on any atom is 0.201 e. The van der Waals surface area contributed by atoms with Crippen molar-refractivity contribution in [2.45, 2.75) is 37.0 Å². The van der Waals surface area contributed by atoms with E-state index in [-0.39, 0.29) is 0 Å². The molecule has 0 amide bonds. The van der Waals surface area contributed by atoms with Crippen LogP contribution >= 0.6 is 11.8 Å². The summed E-state index contributed by atoms with van der Waals surface area (Å²) in [4.78, 5) is 0. The first-order valence-electron chi connectivity index (χ1n) is 6.51. The van der Waals surface area contributed by atoms with Gasteiger partial charge in [0.05, 0.1) is 11.4 Å². The van der Waals surface area contributed by atoms with Crippen molar-refractivity contribution in [3.05, 3.63) is 30.1 Å². The first kappa shape index (κ1) is 13.0. The molecule has 0 saturated heterocycles. The van der Waals surface area contributed by atoms with Crippen LogP contribution in [0.2, 0.25) is 0 Å². The molecule has 0 aliphatic carbocycles. The minimum atomic E-state index is 0.719. The summed E-state index contributed by atoms with van der Waals surface area (Å²) >= 11 is 1.50. The van der Waals surface area contributed by atoms with Gasteiger partial charge in [-0.25, -0.2) is 0 Å². The number of aromatic nitrogens is 5. The van der Waals surface area contributed by atoms with E-state index in [1.807, 2.05) is 40.4 Å². The molecule has 3 aromatic heterocycles. The van der Waals surface area contributed by atoms with E-state index in [0.29, 0.717) is 0 Å². The summed E-state index contributed by atoms with van der Waals surface area (Å²) in [5.41, 5.74) is 8.53. The number of fused-ring (bicyclic) bond motifs is 1. The van der Waals surface area contributed by atoms with Crippen LogP contribution in [0.15, 0.2) is 34.6 Å². The van der Waals surface area contributed by atoms with Gasteiger partial charge >= 0.3 is 0 Å². The second kappa shape index (κ2) is 5.16. The average molecular weight is 288 g/mol. The molecule has 0 unspecified atom stereocenters. The molecule has 104 valence electrons. The number of aryl methyl sites for hydroxylation is 2. The van der Waals surface area contributed by atoms with Crippen LogP contribution in [0.5, 0.6) is 0 Å². The topological polar surface area (TPSA) is 74.0 Å². The predicted octanol–water partition coefficient (Wildman–Crippen LogP) is 2.38. The number of hydrogen-bond donors (Lipinski definition) is 1. The van der Waals surface area contributed by atoms with Crippen LogP contribution in [0, 0.1) is 6.92 Å². The van der Waals surface area contributed by atoms with Crippen LogP contribution in [0.25, 0.3) is 5.65 Å². The average Bonchev–Trinajstić information content (AvgIpc) is 2.97. The van der Waals surface area contributed by atoms with Crippen LogP contribution in [-0.4, -0.2) is 24.4 Å². The summed E-state index contributed by atoms with van der Waals surface area (Å²) in [6.45, 7) is 4.89. The van der Waals surface area contributed by atoms with Crippen LogP contribution in [0.1, 0.15) is 19.0 Å². The monoisotopic (exact) mass is 288 g/mol. The van der Waals surface area contributed by atoms with E-state index in [1.165, 1.54) is 11.8 Å². The third-order valence-corrected chi connectivity index (χ3v) is 4.12. The molecule has 0 aromatic carbocycles. The van der Waals surface area contributed by atoms with Crippen LogP contribution in [0.4, 0.5) is 5.69 Å². The van der Waals surface area contributed by atoms with Crippen molar-refractivity contribution in [3.63, 3.8) is 0 Å². The summed E-state index contributed by atoms with van der Waals surface area (Å²) in [5, 5.41) is 14.6. The Balaban J connectivity index is 2.02. The maximum atomic E-state index is 6.13. The van der Waals surface area contributed by atoms with E-state index in [2.05, 4.69) is 22.2 Å². The number of hydrogen-bond acceptors (Lipinski definition) is 5. The molecule has 0 aliphatic rings. The quantitative estimate of drug-likeness (QED) is 0.798.